The Morgan fingerprint density at radius 2 is 1.81 bits per heavy atom. The molecule has 1 aromatic carbocycles. The number of benzene rings is 1. The van der Waals surface area contributed by atoms with Crippen LogP contribution in [0.1, 0.15) is 17.5 Å². The molecule has 0 heterocycles. The van der Waals surface area contributed by atoms with Crippen molar-refractivity contribution in [1.82, 2.24) is 0 Å². The predicted octanol–water partition coefficient (Wildman–Crippen LogP) is 2.76. The summed E-state index contributed by atoms with van der Waals surface area (Å²) in [6, 6.07) is 5.75. The topological polar surface area (TPSA) is 66.4 Å². The lowest BCUT2D eigenvalue weighted by atomic mass is 9.82. The van der Waals surface area contributed by atoms with Crippen LogP contribution in [0.5, 0.6) is 0 Å². The minimum atomic E-state index is -0.868. The van der Waals surface area contributed by atoms with Gasteiger partial charge >= 0.3 is 5.97 Å². The van der Waals surface area contributed by atoms with Gasteiger partial charge in [-0.15, -0.1) is 0 Å². The number of amides is 1. The van der Waals surface area contributed by atoms with Crippen molar-refractivity contribution in [2.75, 3.05) is 5.32 Å². The van der Waals surface area contributed by atoms with Gasteiger partial charge in [-0.2, -0.15) is 0 Å². The van der Waals surface area contributed by atoms with E-state index >= 15 is 0 Å². The average Bonchev–Trinajstić information content (AvgIpc) is 3.04. The van der Waals surface area contributed by atoms with E-state index in [9.17, 15) is 14.7 Å². The number of hydrogen-bond acceptors (Lipinski definition) is 2. The molecule has 2 aliphatic carbocycles. The Bertz CT molecular complexity index is 635. The molecule has 0 spiro atoms. The van der Waals surface area contributed by atoms with Crippen molar-refractivity contribution in [1.29, 1.82) is 0 Å². The molecular weight excluding hydrogens is 266 g/mol. The van der Waals surface area contributed by atoms with Gasteiger partial charge in [0, 0.05) is 5.69 Å². The molecule has 0 radical (unpaired) electrons. The second kappa shape index (κ2) is 5.02. The van der Waals surface area contributed by atoms with E-state index in [4.69, 9.17) is 0 Å². The highest BCUT2D eigenvalue weighted by Gasteiger charge is 2.51. The Kier molecular flexibility index (Phi) is 3.32. The number of carbonyl (C=O) groups excluding carboxylic acids is 1. The summed E-state index contributed by atoms with van der Waals surface area (Å²) < 4.78 is 0. The number of fused-ring (bicyclic) bond motifs is 2. The van der Waals surface area contributed by atoms with Crippen LogP contribution in [0.15, 0.2) is 30.4 Å². The summed E-state index contributed by atoms with van der Waals surface area (Å²) in [5.74, 6) is -2.04. The van der Waals surface area contributed by atoms with Gasteiger partial charge in [0.25, 0.3) is 0 Å². The van der Waals surface area contributed by atoms with Crippen LogP contribution in [-0.2, 0) is 9.59 Å². The van der Waals surface area contributed by atoms with Gasteiger partial charge in [-0.3, -0.25) is 9.59 Å². The molecule has 4 nitrogen and oxygen atoms in total. The molecule has 2 aliphatic rings. The van der Waals surface area contributed by atoms with Crippen LogP contribution in [0.2, 0.25) is 0 Å². The Balaban J connectivity index is 1.84. The van der Waals surface area contributed by atoms with Crippen LogP contribution in [0.3, 0.4) is 0 Å². The van der Waals surface area contributed by atoms with E-state index in [1.807, 2.05) is 44.2 Å². The molecule has 1 aromatic rings. The molecule has 2 bridgehead atoms. The second-order valence-corrected chi connectivity index (χ2v) is 6.07. The number of aliphatic carboxylic acids is 1. The molecule has 0 aromatic heterocycles. The van der Waals surface area contributed by atoms with Crippen molar-refractivity contribution in [3.8, 4) is 0 Å². The van der Waals surface area contributed by atoms with E-state index < -0.39 is 17.8 Å². The third-order valence-corrected chi connectivity index (χ3v) is 4.91. The molecule has 2 N–H and O–H groups in total. The normalized spacial score (nSPS) is 29.6. The maximum Gasteiger partial charge on any atom is 0.307 e. The van der Waals surface area contributed by atoms with Crippen molar-refractivity contribution in [2.45, 2.75) is 20.3 Å². The summed E-state index contributed by atoms with van der Waals surface area (Å²) in [6.07, 6.45) is 4.73. The third kappa shape index (κ3) is 2.24. The van der Waals surface area contributed by atoms with Crippen molar-refractivity contribution in [3.05, 3.63) is 41.5 Å². The first-order valence-electron chi connectivity index (χ1n) is 7.27. The number of carboxylic acid groups (broad SMARTS) is 1. The zero-order valence-electron chi connectivity index (χ0n) is 12.2. The molecule has 4 atom stereocenters. The average molecular weight is 285 g/mol. The Hall–Kier alpha value is -2.10. The first-order chi connectivity index (χ1) is 9.99. The largest absolute Gasteiger partial charge is 0.481 e. The molecule has 0 saturated heterocycles. The molecule has 3 rings (SSSR count). The highest BCUT2D eigenvalue weighted by atomic mass is 16.4. The molecule has 1 amide bonds. The van der Waals surface area contributed by atoms with E-state index in [0.717, 1.165) is 23.2 Å². The van der Waals surface area contributed by atoms with Crippen molar-refractivity contribution >= 4 is 17.6 Å². The van der Waals surface area contributed by atoms with Gasteiger partial charge in [-0.1, -0.05) is 24.3 Å². The standard InChI is InChI=1S/C17H19NO3/c1-9-4-3-5-13(10(9)2)18-16(19)14-11-6-7-12(8-11)15(14)17(20)21/h3-7,11-12,14-15H,8H2,1-2H3,(H,18,19)(H,20,21)/t11-,12-,14-,15-/m0/s1. The Labute approximate surface area is 123 Å². The number of nitrogens with one attached hydrogen (secondary N) is 1. The maximum atomic E-state index is 12.6. The fourth-order valence-electron chi connectivity index (χ4n) is 3.62. The van der Waals surface area contributed by atoms with Crippen LogP contribution in [0, 0.1) is 37.5 Å². The molecule has 4 heteroatoms. The van der Waals surface area contributed by atoms with Gasteiger partial charge in [0.2, 0.25) is 5.91 Å². The molecule has 21 heavy (non-hydrogen) atoms. The van der Waals surface area contributed by atoms with E-state index in [-0.39, 0.29) is 17.7 Å². The molecule has 1 fully saturated rings. The summed E-state index contributed by atoms with van der Waals surface area (Å²) in [6.45, 7) is 3.95. The highest BCUT2D eigenvalue weighted by Crippen LogP contribution is 2.48. The lowest BCUT2D eigenvalue weighted by Gasteiger charge is -2.24. The van der Waals surface area contributed by atoms with Crippen LogP contribution in [0.25, 0.3) is 0 Å². The van der Waals surface area contributed by atoms with Gasteiger partial charge in [-0.25, -0.2) is 0 Å². The predicted molar refractivity (Wildman–Crippen MR) is 79.9 cm³/mol. The maximum absolute atomic E-state index is 12.6. The molecule has 0 unspecified atom stereocenters. The minimum Gasteiger partial charge on any atom is -0.481 e. The number of hydrogen-bond donors (Lipinski definition) is 2. The van der Waals surface area contributed by atoms with Crippen LogP contribution < -0.4 is 5.32 Å². The van der Waals surface area contributed by atoms with Crippen LogP contribution in [-0.4, -0.2) is 17.0 Å². The lowest BCUT2D eigenvalue weighted by Crippen LogP contribution is -2.36. The van der Waals surface area contributed by atoms with Gasteiger partial charge in [0.05, 0.1) is 11.8 Å². The zero-order valence-corrected chi connectivity index (χ0v) is 12.2. The van der Waals surface area contributed by atoms with Crippen LogP contribution >= 0.6 is 0 Å². The first kappa shape index (κ1) is 13.9. The monoisotopic (exact) mass is 285 g/mol. The number of allylic oxidation sites excluding steroid dienone is 2. The SMILES string of the molecule is Cc1cccc(NC(=O)[C@@H]2[C@@H](C(=O)O)[C@H]3C=C[C@H]2C3)c1C. The van der Waals surface area contributed by atoms with E-state index in [1.165, 1.54) is 0 Å². The van der Waals surface area contributed by atoms with Crippen molar-refractivity contribution in [2.24, 2.45) is 23.7 Å². The Morgan fingerprint density at radius 1 is 1.14 bits per heavy atom. The van der Waals surface area contributed by atoms with Gasteiger partial charge < -0.3 is 10.4 Å². The number of anilines is 1. The number of rotatable bonds is 3. The minimum absolute atomic E-state index is 0.00172. The molecular formula is C17H19NO3. The number of aryl methyl sites for hydroxylation is 1. The van der Waals surface area contributed by atoms with Crippen molar-refractivity contribution < 1.29 is 14.7 Å². The van der Waals surface area contributed by atoms with E-state index in [2.05, 4.69) is 5.32 Å². The smallest absolute Gasteiger partial charge is 0.307 e. The van der Waals surface area contributed by atoms with Gasteiger partial charge in [0.15, 0.2) is 0 Å². The van der Waals surface area contributed by atoms with E-state index in [0.29, 0.717) is 0 Å². The summed E-state index contributed by atoms with van der Waals surface area (Å²) in [7, 11) is 0. The summed E-state index contributed by atoms with van der Waals surface area (Å²) in [4.78, 5) is 24.0. The summed E-state index contributed by atoms with van der Waals surface area (Å²) >= 11 is 0. The van der Waals surface area contributed by atoms with Crippen LogP contribution in [0.4, 0.5) is 5.69 Å². The van der Waals surface area contributed by atoms with Gasteiger partial charge in [-0.05, 0) is 49.3 Å². The fraction of sp³-hybridized carbons (Fsp3) is 0.412. The zero-order chi connectivity index (χ0) is 15.1. The molecule has 110 valence electrons. The molecule has 1 saturated carbocycles. The number of carboxylic acids is 1. The quantitative estimate of drug-likeness (QED) is 0.839. The lowest BCUT2D eigenvalue weighted by molar-refractivity contribution is -0.146. The van der Waals surface area contributed by atoms with Crippen molar-refractivity contribution in [3.63, 3.8) is 0 Å². The van der Waals surface area contributed by atoms with Gasteiger partial charge in [0.1, 0.15) is 0 Å². The number of carbonyl (C=O) groups is 2. The van der Waals surface area contributed by atoms with E-state index in [1.54, 1.807) is 0 Å². The highest BCUT2D eigenvalue weighted by molar-refractivity contribution is 5.97. The second-order valence-electron chi connectivity index (χ2n) is 6.07. The summed E-state index contributed by atoms with van der Waals surface area (Å²) in [5, 5.41) is 12.3. The molecule has 0 aliphatic heterocycles. The first-order valence-corrected chi connectivity index (χ1v) is 7.27. The third-order valence-electron chi connectivity index (χ3n) is 4.91. The summed E-state index contributed by atoms with van der Waals surface area (Å²) in [5.41, 5.74) is 2.91. The fourth-order valence-corrected chi connectivity index (χ4v) is 3.62. The Morgan fingerprint density at radius 3 is 2.48 bits per heavy atom.